The van der Waals surface area contributed by atoms with Gasteiger partial charge in [0.2, 0.25) is 0 Å². The van der Waals surface area contributed by atoms with E-state index in [2.05, 4.69) is 0 Å². The van der Waals surface area contributed by atoms with Gasteiger partial charge >= 0.3 is 11.9 Å². The van der Waals surface area contributed by atoms with Crippen LogP contribution in [0.25, 0.3) is 11.1 Å². The van der Waals surface area contributed by atoms with Crippen molar-refractivity contribution in [2.45, 2.75) is 20.3 Å². The van der Waals surface area contributed by atoms with Crippen LogP contribution in [0.15, 0.2) is 48.5 Å². The number of esters is 1. The molecule has 114 valence electrons. The van der Waals surface area contributed by atoms with Crippen molar-refractivity contribution < 1.29 is 19.4 Å². The summed E-state index contributed by atoms with van der Waals surface area (Å²) in [6.07, 6.45) is 0.743. The van der Waals surface area contributed by atoms with Gasteiger partial charge in [-0.15, -0.1) is 0 Å². The summed E-state index contributed by atoms with van der Waals surface area (Å²) in [4.78, 5) is 22.5. The van der Waals surface area contributed by atoms with Crippen molar-refractivity contribution in [3.05, 3.63) is 54.1 Å². The number of carboxylic acid groups (broad SMARTS) is 1. The molecule has 0 amide bonds. The highest BCUT2D eigenvalue weighted by Crippen LogP contribution is 2.23. The average Bonchev–Trinajstić information content (AvgIpc) is 2.54. The molecule has 0 spiro atoms. The van der Waals surface area contributed by atoms with Gasteiger partial charge in [0.1, 0.15) is 5.75 Å². The Labute approximate surface area is 129 Å². The summed E-state index contributed by atoms with van der Waals surface area (Å²) in [6.45, 7) is 3.77. The fraction of sp³-hybridized carbons (Fsp3) is 0.222. The van der Waals surface area contributed by atoms with Gasteiger partial charge in [0, 0.05) is 0 Å². The van der Waals surface area contributed by atoms with E-state index in [1.807, 2.05) is 26.0 Å². The lowest BCUT2D eigenvalue weighted by Gasteiger charge is -2.09. The van der Waals surface area contributed by atoms with Crippen LogP contribution in [0.1, 0.15) is 30.6 Å². The number of carbonyl (C=O) groups excluding carboxylic acids is 1. The van der Waals surface area contributed by atoms with E-state index in [0.717, 1.165) is 17.5 Å². The fourth-order valence-electron chi connectivity index (χ4n) is 1.90. The Kier molecular flexibility index (Phi) is 4.94. The smallest absolute Gasteiger partial charge is 0.335 e. The van der Waals surface area contributed by atoms with Crippen molar-refractivity contribution in [1.82, 2.24) is 0 Å². The number of hydrogen-bond donors (Lipinski definition) is 1. The Morgan fingerprint density at radius 3 is 1.95 bits per heavy atom. The lowest BCUT2D eigenvalue weighted by Crippen LogP contribution is -2.16. The van der Waals surface area contributed by atoms with Crippen molar-refractivity contribution in [2.75, 3.05) is 0 Å². The van der Waals surface area contributed by atoms with Crippen LogP contribution in [0.2, 0.25) is 0 Å². The molecule has 2 rings (SSSR count). The normalized spacial score (nSPS) is 11.7. The SMILES string of the molecule is CCC(C)C(=O)Oc1ccc(-c2ccc(C(=O)O)cc2)cc1. The molecule has 4 nitrogen and oxygen atoms in total. The molecule has 2 aromatic carbocycles. The number of aromatic carboxylic acids is 1. The number of hydrogen-bond acceptors (Lipinski definition) is 3. The van der Waals surface area contributed by atoms with Gasteiger partial charge < -0.3 is 9.84 Å². The minimum Gasteiger partial charge on any atom is -0.478 e. The molecular formula is C18H18O4. The third-order valence-corrected chi connectivity index (χ3v) is 3.55. The van der Waals surface area contributed by atoms with E-state index in [0.29, 0.717) is 5.75 Å². The van der Waals surface area contributed by atoms with Crippen LogP contribution in [0.3, 0.4) is 0 Å². The topological polar surface area (TPSA) is 63.6 Å². The third-order valence-electron chi connectivity index (χ3n) is 3.55. The van der Waals surface area contributed by atoms with E-state index >= 15 is 0 Å². The van der Waals surface area contributed by atoms with Crippen molar-refractivity contribution in [3.8, 4) is 16.9 Å². The largest absolute Gasteiger partial charge is 0.478 e. The Hall–Kier alpha value is -2.62. The molecule has 1 atom stereocenters. The van der Waals surface area contributed by atoms with Crippen molar-refractivity contribution in [3.63, 3.8) is 0 Å². The lowest BCUT2D eigenvalue weighted by molar-refractivity contribution is -0.138. The summed E-state index contributed by atoms with van der Waals surface area (Å²) < 4.78 is 5.29. The molecule has 22 heavy (non-hydrogen) atoms. The van der Waals surface area contributed by atoms with Crippen LogP contribution in [0.5, 0.6) is 5.75 Å². The van der Waals surface area contributed by atoms with Gasteiger partial charge in [-0.1, -0.05) is 38.1 Å². The van der Waals surface area contributed by atoms with Gasteiger partial charge in [-0.2, -0.15) is 0 Å². The van der Waals surface area contributed by atoms with E-state index in [1.54, 1.807) is 36.4 Å². The van der Waals surface area contributed by atoms with E-state index in [9.17, 15) is 9.59 Å². The summed E-state index contributed by atoms with van der Waals surface area (Å²) >= 11 is 0. The Bertz CT molecular complexity index is 656. The summed E-state index contributed by atoms with van der Waals surface area (Å²) in [6, 6.07) is 13.8. The molecule has 1 N–H and O–H groups in total. The monoisotopic (exact) mass is 298 g/mol. The fourth-order valence-corrected chi connectivity index (χ4v) is 1.90. The van der Waals surface area contributed by atoms with Crippen molar-refractivity contribution in [1.29, 1.82) is 0 Å². The van der Waals surface area contributed by atoms with Crippen LogP contribution >= 0.6 is 0 Å². The first kappa shape index (κ1) is 15.8. The molecule has 0 aromatic heterocycles. The van der Waals surface area contributed by atoms with E-state index in [4.69, 9.17) is 9.84 Å². The standard InChI is InChI=1S/C18H18O4/c1-3-12(2)18(21)22-16-10-8-14(9-11-16)13-4-6-15(7-5-13)17(19)20/h4-12H,3H2,1-2H3,(H,19,20). The van der Waals surface area contributed by atoms with Crippen molar-refractivity contribution in [2.24, 2.45) is 5.92 Å². The number of carbonyl (C=O) groups is 2. The third kappa shape index (κ3) is 3.73. The molecule has 0 aliphatic carbocycles. The van der Waals surface area contributed by atoms with Gasteiger partial charge in [0.05, 0.1) is 11.5 Å². The predicted molar refractivity (Wildman–Crippen MR) is 83.9 cm³/mol. The van der Waals surface area contributed by atoms with E-state index in [1.165, 1.54) is 0 Å². The molecule has 0 aliphatic rings. The number of ether oxygens (including phenoxy) is 1. The summed E-state index contributed by atoms with van der Waals surface area (Å²) in [7, 11) is 0. The van der Waals surface area contributed by atoms with Crippen LogP contribution in [0, 0.1) is 5.92 Å². The second kappa shape index (κ2) is 6.89. The highest BCUT2D eigenvalue weighted by atomic mass is 16.5. The molecule has 0 heterocycles. The first-order valence-electron chi connectivity index (χ1n) is 7.16. The second-order valence-electron chi connectivity index (χ2n) is 5.14. The van der Waals surface area contributed by atoms with Gasteiger partial charge in [-0.25, -0.2) is 4.79 Å². The first-order chi connectivity index (χ1) is 10.5. The number of rotatable bonds is 5. The van der Waals surface area contributed by atoms with Crippen molar-refractivity contribution >= 4 is 11.9 Å². The van der Waals surface area contributed by atoms with Crippen LogP contribution in [-0.2, 0) is 4.79 Å². The molecule has 0 fully saturated rings. The maximum atomic E-state index is 11.7. The van der Waals surface area contributed by atoms with E-state index in [-0.39, 0.29) is 17.5 Å². The molecule has 0 bridgehead atoms. The van der Waals surface area contributed by atoms with Crippen LogP contribution in [-0.4, -0.2) is 17.0 Å². The zero-order valence-corrected chi connectivity index (χ0v) is 12.6. The van der Waals surface area contributed by atoms with Crippen LogP contribution < -0.4 is 4.74 Å². The summed E-state index contributed by atoms with van der Waals surface area (Å²) in [5.74, 6) is -0.792. The molecular weight excluding hydrogens is 280 g/mol. The molecule has 0 aliphatic heterocycles. The highest BCUT2D eigenvalue weighted by molar-refractivity contribution is 5.88. The highest BCUT2D eigenvalue weighted by Gasteiger charge is 2.13. The molecule has 1 unspecified atom stereocenters. The number of benzene rings is 2. The summed E-state index contributed by atoms with van der Waals surface area (Å²) in [5.41, 5.74) is 2.09. The first-order valence-corrected chi connectivity index (χ1v) is 7.16. The van der Waals surface area contributed by atoms with Gasteiger partial charge in [-0.3, -0.25) is 4.79 Å². The predicted octanol–water partition coefficient (Wildman–Crippen LogP) is 4.00. The molecule has 0 saturated carbocycles. The van der Waals surface area contributed by atoms with Crippen LogP contribution in [0.4, 0.5) is 0 Å². The van der Waals surface area contributed by atoms with Gasteiger partial charge in [0.25, 0.3) is 0 Å². The van der Waals surface area contributed by atoms with Gasteiger partial charge in [0.15, 0.2) is 0 Å². The lowest BCUT2D eigenvalue weighted by atomic mass is 10.0. The second-order valence-corrected chi connectivity index (χ2v) is 5.14. The minimum absolute atomic E-state index is 0.122. The van der Waals surface area contributed by atoms with Gasteiger partial charge in [-0.05, 0) is 41.8 Å². The molecule has 4 heteroatoms. The molecule has 0 saturated heterocycles. The molecule has 2 aromatic rings. The zero-order valence-electron chi connectivity index (χ0n) is 12.6. The average molecular weight is 298 g/mol. The van der Waals surface area contributed by atoms with E-state index < -0.39 is 5.97 Å². The maximum Gasteiger partial charge on any atom is 0.335 e. The quantitative estimate of drug-likeness (QED) is 0.669. The summed E-state index contributed by atoms with van der Waals surface area (Å²) in [5, 5.41) is 8.88. The number of carboxylic acids is 1. The molecule has 0 radical (unpaired) electrons. The Balaban J connectivity index is 2.11. The minimum atomic E-state index is -0.946. The maximum absolute atomic E-state index is 11.7. The Morgan fingerprint density at radius 2 is 1.50 bits per heavy atom. The zero-order chi connectivity index (χ0) is 16.1. The Morgan fingerprint density at radius 1 is 1.00 bits per heavy atom.